The lowest BCUT2D eigenvalue weighted by Crippen LogP contribution is -2.76. The van der Waals surface area contributed by atoms with Crippen LogP contribution in [-0.2, 0) is 6.54 Å². The van der Waals surface area contributed by atoms with Gasteiger partial charge in [0, 0.05) is 45.0 Å². The number of carboxylic acid groups (broad SMARTS) is 1. The Labute approximate surface area is 230 Å². The van der Waals surface area contributed by atoms with E-state index in [4.69, 9.17) is 0 Å². The minimum Gasteiger partial charge on any atom is -0.498 e. The van der Waals surface area contributed by atoms with E-state index in [2.05, 4.69) is 15.2 Å². The van der Waals surface area contributed by atoms with Gasteiger partial charge in [0.15, 0.2) is 0 Å². The van der Waals surface area contributed by atoms with Crippen LogP contribution in [0.5, 0.6) is 0 Å². The number of halogens is 1. The first-order valence-electron chi connectivity index (χ1n) is 13.7. The number of anilines is 2. The standard InChI is InChI=1S/C29H41FN6O3/c1-21-19-34(15-16-36(21,28(38)39)29(2,3)4)20-25-9-10-26(18-31-25)33(5)27(37)35-13-11-23(12-14-35)32-24-8-6-7-22(30)17-24/h6-10,17-18,21,23,32H,11-16,19-20H2,1-5H3/t21-,36?/m0/s1. The molecule has 2 atom stereocenters. The first kappa shape index (κ1) is 28.8. The van der Waals surface area contributed by atoms with Gasteiger partial charge in [-0.15, -0.1) is 0 Å². The monoisotopic (exact) mass is 540 g/mol. The van der Waals surface area contributed by atoms with E-state index in [-0.39, 0.29) is 28.4 Å². The molecule has 10 heteroatoms. The maximum Gasteiger partial charge on any atom is 0.324 e. The quantitative estimate of drug-likeness (QED) is 0.584. The number of piperidine rings is 1. The number of nitrogens with zero attached hydrogens (tertiary/aromatic N) is 5. The van der Waals surface area contributed by atoms with E-state index in [1.165, 1.54) is 12.1 Å². The Hall–Kier alpha value is -3.24. The highest BCUT2D eigenvalue weighted by molar-refractivity contribution is 5.91. The number of rotatable bonds is 5. The van der Waals surface area contributed by atoms with Crippen LogP contribution in [0.15, 0.2) is 42.6 Å². The average molecular weight is 541 g/mol. The summed E-state index contributed by atoms with van der Waals surface area (Å²) in [7, 11) is 1.76. The number of quaternary nitrogens is 1. The fourth-order valence-electron chi connectivity index (χ4n) is 6.10. The van der Waals surface area contributed by atoms with Gasteiger partial charge >= 0.3 is 6.03 Å². The molecule has 3 amide bonds. The molecule has 0 saturated carbocycles. The predicted molar refractivity (Wildman–Crippen MR) is 148 cm³/mol. The van der Waals surface area contributed by atoms with Gasteiger partial charge in [-0.25, -0.2) is 9.18 Å². The fraction of sp³-hybridized carbons (Fsp3) is 0.552. The van der Waals surface area contributed by atoms with Crippen molar-refractivity contribution < 1.29 is 23.6 Å². The van der Waals surface area contributed by atoms with E-state index in [0.29, 0.717) is 39.3 Å². The lowest BCUT2D eigenvalue weighted by molar-refractivity contribution is -0.943. The third-order valence-electron chi connectivity index (χ3n) is 8.40. The Morgan fingerprint density at radius 2 is 1.90 bits per heavy atom. The third-order valence-corrected chi connectivity index (χ3v) is 8.40. The van der Waals surface area contributed by atoms with Crippen LogP contribution in [0.25, 0.3) is 0 Å². The van der Waals surface area contributed by atoms with Gasteiger partial charge in [0.05, 0.1) is 36.2 Å². The van der Waals surface area contributed by atoms with Crippen LogP contribution in [0.3, 0.4) is 0 Å². The topological polar surface area (TPSA) is 91.8 Å². The smallest absolute Gasteiger partial charge is 0.324 e. The van der Waals surface area contributed by atoms with Crippen molar-refractivity contribution in [1.29, 1.82) is 0 Å². The van der Waals surface area contributed by atoms with Gasteiger partial charge in [-0.3, -0.25) is 19.3 Å². The number of hydrogen-bond donors (Lipinski definition) is 1. The number of carbonyl (C=O) groups is 2. The zero-order valence-corrected chi connectivity index (χ0v) is 23.7. The second-order valence-electron chi connectivity index (χ2n) is 11.9. The van der Waals surface area contributed by atoms with Crippen LogP contribution < -0.4 is 15.3 Å². The third kappa shape index (κ3) is 6.17. The number of benzene rings is 1. The molecule has 2 saturated heterocycles. The van der Waals surface area contributed by atoms with Crippen LogP contribution >= 0.6 is 0 Å². The van der Waals surface area contributed by atoms with Gasteiger partial charge in [-0.1, -0.05) is 6.07 Å². The van der Waals surface area contributed by atoms with Crippen molar-refractivity contribution in [2.45, 2.75) is 64.7 Å². The number of nitrogens with one attached hydrogen (secondary N) is 1. The lowest BCUT2D eigenvalue weighted by atomic mass is 9.95. The minimum absolute atomic E-state index is 0.0547. The summed E-state index contributed by atoms with van der Waals surface area (Å²) in [5, 5.41) is 15.5. The minimum atomic E-state index is -1.02. The molecule has 0 spiro atoms. The Bertz CT molecular complexity index is 1160. The molecule has 0 bridgehead atoms. The molecule has 4 rings (SSSR count). The molecule has 0 aliphatic carbocycles. The van der Waals surface area contributed by atoms with Crippen LogP contribution in [0, 0.1) is 5.82 Å². The number of pyridine rings is 1. The highest BCUT2D eigenvalue weighted by atomic mass is 19.1. The molecular formula is C29H41FN6O3. The van der Waals surface area contributed by atoms with Crippen LogP contribution in [0.4, 0.5) is 25.4 Å². The van der Waals surface area contributed by atoms with Crippen LogP contribution in [0.2, 0.25) is 0 Å². The first-order chi connectivity index (χ1) is 18.4. The molecule has 9 nitrogen and oxygen atoms in total. The number of piperazine rings is 1. The van der Waals surface area contributed by atoms with Crippen molar-refractivity contribution >= 4 is 23.5 Å². The number of amides is 3. The summed E-state index contributed by atoms with van der Waals surface area (Å²) in [5.74, 6) is -0.267. The second kappa shape index (κ2) is 11.5. The van der Waals surface area contributed by atoms with E-state index < -0.39 is 11.6 Å². The zero-order valence-electron chi connectivity index (χ0n) is 23.7. The largest absolute Gasteiger partial charge is 0.498 e. The van der Waals surface area contributed by atoms with E-state index in [1.54, 1.807) is 24.2 Å². The van der Waals surface area contributed by atoms with E-state index in [1.807, 2.05) is 50.8 Å². The van der Waals surface area contributed by atoms with Crippen molar-refractivity contribution in [2.24, 2.45) is 0 Å². The predicted octanol–water partition coefficient (Wildman–Crippen LogP) is 3.52. The van der Waals surface area contributed by atoms with Crippen molar-refractivity contribution in [2.75, 3.05) is 50.0 Å². The molecule has 3 heterocycles. The molecule has 1 N–H and O–H groups in total. The molecule has 1 aromatic carbocycles. The summed E-state index contributed by atoms with van der Waals surface area (Å²) in [6, 6.07) is 10.3. The summed E-state index contributed by atoms with van der Waals surface area (Å²) < 4.78 is 13.4. The number of urea groups is 1. The maximum absolute atomic E-state index is 13.5. The molecular weight excluding hydrogens is 499 g/mol. The second-order valence-corrected chi connectivity index (χ2v) is 11.9. The summed E-state index contributed by atoms with van der Waals surface area (Å²) >= 11 is 0. The maximum atomic E-state index is 13.5. The van der Waals surface area contributed by atoms with Crippen LogP contribution in [-0.4, -0.2) is 88.8 Å². The Balaban J connectivity index is 1.29. The van der Waals surface area contributed by atoms with Crippen molar-refractivity contribution in [3.8, 4) is 0 Å². The Kier molecular flexibility index (Phi) is 8.46. The molecule has 2 aliphatic heterocycles. The number of carbonyl (C=O) groups excluding carboxylic acids is 2. The van der Waals surface area contributed by atoms with Crippen molar-refractivity contribution in [3.63, 3.8) is 0 Å². The molecule has 1 unspecified atom stereocenters. The number of likely N-dealkylation sites (tertiary alicyclic amines) is 1. The summed E-state index contributed by atoms with van der Waals surface area (Å²) in [6.45, 7) is 11.5. The molecule has 2 aliphatic rings. The average Bonchev–Trinajstić information content (AvgIpc) is 2.88. The summed E-state index contributed by atoms with van der Waals surface area (Å²) in [5.41, 5.74) is 1.90. The number of hydrogen-bond acceptors (Lipinski definition) is 6. The van der Waals surface area contributed by atoms with Gasteiger partial charge in [-0.05, 0) is 70.9 Å². The van der Waals surface area contributed by atoms with Gasteiger partial charge in [0.2, 0.25) is 0 Å². The lowest BCUT2D eigenvalue weighted by Gasteiger charge is -2.55. The normalized spacial score (nSPS) is 22.9. The SMILES string of the molecule is C[C@H]1CN(Cc2ccc(N(C)C(=O)N3CCC(Nc4cccc(F)c4)CC3)cn2)CC[N+]1(C(=O)[O-])C(C)(C)C. The molecule has 212 valence electrons. The Morgan fingerprint density at radius 1 is 1.18 bits per heavy atom. The van der Waals surface area contributed by atoms with Gasteiger partial charge in [-0.2, -0.15) is 0 Å². The Morgan fingerprint density at radius 3 is 2.46 bits per heavy atom. The first-order valence-corrected chi connectivity index (χ1v) is 13.7. The van der Waals surface area contributed by atoms with Crippen molar-refractivity contribution in [1.82, 2.24) is 14.8 Å². The molecule has 0 radical (unpaired) electrons. The van der Waals surface area contributed by atoms with E-state index >= 15 is 0 Å². The zero-order chi connectivity index (χ0) is 28.4. The molecule has 1 aromatic heterocycles. The molecule has 2 aromatic rings. The summed E-state index contributed by atoms with van der Waals surface area (Å²) in [4.78, 5) is 35.6. The number of aromatic nitrogens is 1. The van der Waals surface area contributed by atoms with E-state index in [9.17, 15) is 19.1 Å². The molecule has 2 fully saturated rings. The van der Waals surface area contributed by atoms with Gasteiger partial charge < -0.3 is 20.1 Å². The van der Waals surface area contributed by atoms with Crippen LogP contribution in [0.1, 0.15) is 46.2 Å². The molecule has 39 heavy (non-hydrogen) atoms. The van der Waals surface area contributed by atoms with Gasteiger partial charge in [0.1, 0.15) is 11.9 Å². The van der Waals surface area contributed by atoms with Crippen molar-refractivity contribution in [3.05, 3.63) is 54.1 Å². The summed E-state index contributed by atoms with van der Waals surface area (Å²) in [6.07, 6.45) is 2.27. The highest BCUT2D eigenvalue weighted by Crippen LogP contribution is 2.32. The fourth-order valence-corrected chi connectivity index (χ4v) is 6.10. The highest BCUT2D eigenvalue weighted by Gasteiger charge is 2.49. The van der Waals surface area contributed by atoms with E-state index in [0.717, 1.165) is 29.9 Å². The van der Waals surface area contributed by atoms with Gasteiger partial charge in [0.25, 0.3) is 6.09 Å².